The van der Waals surface area contributed by atoms with Crippen molar-refractivity contribution >= 4 is 11.6 Å². The highest BCUT2D eigenvalue weighted by Gasteiger charge is 2.50. The van der Waals surface area contributed by atoms with E-state index in [1.807, 2.05) is 6.07 Å². The first-order valence-corrected chi connectivity index (χ1v) is 11.8. The van der Waals surface area contributed by atoms with Gasteiger partial charge in [0, 0.05) is 24.8 Å². The number of nitrogens with one attached hydrogen (secondary N) is 1. The van der Waals surface area contributed by atoms with Crippen LogP contribution in [0.25, 0.3) is 11.1 Å². The third kappa shape index (κ3) is 3.13. The molecule has 162 valence electrons. The van der Waals surface area contributed by atoms with E-state index in [0.29, 0.717) is 12.7 Å². The van der Waals surface area contributed by atoms with E-state index in [-0.39, 0.29) is 5.91 Å². The zero-order valence-electron chi connectivity index (χ0n) is 18.3. The quantitative estimate of drug-likeness (QED) is 0.669. The number of amides is 1. The molecular formula is C28H29N3O. The Bertz CT molecular complexity index is 1090. The molecule has 3 aliphatic rings. The van der Waals surface area contributed by atoms with Gasteiger partial charge in [-0.2, -0.15) is 0 Å². The summed E-state index contributed by atoms with van der Waals surface area (Å²) in [7, 11) is 0. The number of hydrogen-bond acceptors (Lipinski definition) is 3. The number of carbonyl (C=O) groups is 1. The molecular weight excluding hydrogens is 394 g/mol. The van der Waals surface area contributed by atoms with Gasteiger partial charge in [0.2, 0.25) is 5.91 Å². The predicted molar refractivity (Wildman–Crippen MR) is 129 cm³/mol. The summed E-state index contributed by atoms with van der Waals surface area (Å²) in [6.07, 6.45) is 3.86. The first-order chi connectivity index (χ1) is 15.7. The minimum Gasteiger partial charge on any atom is -0.339 e. The van der Waals surface area contributed by atoms with E-state index < -0.39 is 5.54 Å². The zero-order chi connectivity index (χ0) is 21.5. The summed E-state index contributed by atoms with van der Waals surface area (Å²) in [5.41, 5.74) is 6.35. The topological polar surface area (TPSA) is 35.6 Å². The molecule has 6 rings (SSSR count). The maximum absolute atomic E-state index is 13.0. The molecule has 4 nitrogen and oxygen atoms in total. The lowest BCUT2D eigenvalue weighted by atomic mass is 9.84. The fourth-order valence-corrected chi connectivity index (χ4v) is 6.05. The van der Waals surface area contributed by atoms with Crippen molar-refractivity contribution < 1.29 is 4.79 Å². The summed E-state index contributed by atoms with van der Waals surface area (Å²) in [6, 6.07) is 28.6. The number of benzene rings is 3. The number of piperidine rings is 1. The smallest absolute Gasteiger partial charge is 0.247 e. The number of para-hydroxylation sites is 1. The van der Waals surface area contributed by atoms with E-state index in [2.05, 4.69) is 87.9 Å². The van der Waals surface area contributed by atoms with Gasteiger partial charge in [-0.15, -0.1) is 0 Å². The Hall–Kier alpha value is -3.11. The highest BCUT2D eigenvalue weighted by Crippen LogP contribution is 2.39. The monoisotopic (exact) mass is 423 g/mol. The van der Waals surface area contributed by atoms with E-state index in [4.69, 9.17) is 0 Å². The summed E-state index contributed by atoms with van der Waals surface area (Å²) >= 11 is 0. The highest BCUT2D eigenvalue weighted by atomic mass is 16.2. The van der Waals surface area contributed by atoms with Crippen LogP contribution in [0.4, 0.5) is 5.69 Å². The molecule has 1 aliphatic carbocycles. The number of anilines is 1. The lowest BCUT2D eigenvalue weighted by Gasteiger charge is -2.45. The number of hydrogen-bond donors (Lipinski definition) is 1. The molecule has 1 spiro atoms. The molecule has 3 aromatic rings. The Morgan fingerprint density at radius 3 is 1.94 bits per heavy atom. The third-order valence-electron chi connectivity index (χ3n) is 7.78. The maximum atomic E-state index is 13.0. The van der Waals surface area contributed by atoms with E-state index >= 15 is 0 Å². The van der Waals surface area contributed by atoms with Gasteiger partial charge >= 0.3 is 0 Å². The average molecular weight is 424 g/mol. The van der Waals surface area contributed by atoms with Gasteiger partial charge in [0.05, 0.1) is 6.67 Å². The molecule has 1 amide bonds. The molecule has 4 heteroatoms. The number of fused-ring (bicyclic) bond motifs is 3. The van der Waals surface area contributed by atoms with Crippen LogP contribution in [0, 0.1) is 0 Å². The Labute approximate surface area is 189 Å². The SMILES string of the molecule is O=C1NCN(c2ccccc2)C12CCN(C1Cc3ccccc3-c3ccccc3C1)CC2. The van der Waals surface area contributed by atoms with Crippen LogP contribution < -0.4 is 10.2 Å². The first-order valence-electron chi connectivity index (χ1n) is 11.8. The normalized spacial score (nSPS) is 20.5. The van der Waals surface area contributed by atoms with Crippen molar-refractivity contribution in [2.75, 3.05) is 24.7 Å². The van der Waals surface area contributed by atoms with Gasteiger partial charge in [0.25, 0.3) is 0 Å². The lowest BCUT2D eigenvalue weighted by molar-refractivity contribution is -0.125. The maximum Gasteiger partial charge on any atom is 0.247 e. The number of rotatable bonds is 2. The van der Waals surface area contributed by atoms with Crippen molar-refractivity contribution in [3.8, 4) is 11.1 Å². The largest absolute Gasteiger partial charge is 0.339 e. The molecule has 0 saturated carbocycles. The van der Waals surface area contributed by atoms with E-state index in [1.54, 1.807) is 0 Å². The molecule has 3 aromatic carbocycles. The summed E-state index contributed by atoms with van der Waals surface area (Å²) < 4.78 is 0. The molecule has 0 unspecified atom stereocenters. The Morgan fingerprint density at radius 1 is 0.750 bits per heavy atom. The zero-order valence-corrected chi connectivity index (χ0v) is 18.3. The molecule has 0 radical (unpaired) electrons. The minimum absolute atomic E-state index is 0.192. The van der Waals surface area contributed by atoms with Crippen LogP contribution in [-0.4, -0.2) is 42.1 Å². The second-order valence-electron chi connectivity index (χ2n) is 9.37. The van der Waals surface area contributed by atoms with Crippen molar-refractivity contribution in [3.05, 3.63) is 90.0 Å². The fraction of sp³-hybridized carbons (Fsp3) is 0.321. The standard InChI is InChI=1S/C28H29N3O/c32-27-28(31(20-29-27)23-10-2-1-3-11-23)14-16-30(17-15-28)24-18-21-8-4-6-12-25(21)26-13-7-5-9-22(26)19-24/h1-13,24H,14-20H2,(H,29,32). The van der Waals surface area contributed by atoms with E-state index in [9.17, 15) is 4.79 Å². The lowest BCUT2D eigenvalue weighted by Crippen LogP contribution is -2.58. The second-order valence-corrected chi connectivity index (χ2v) is 9.37. The number of nitrogens with zero attached hydrogens (tertiary/aromatic N) is 2. The summed E-state index contributed by atoms with van der Waals surface area (Å²) in [5.74, 6) is 0.192. The summed E-state index contributed by atoms with van der Waals surface area (Å²) in [6.45, 7) is 2.50. The van der Waals surface area contributed by atoms with Gasteiger partial charge in [-0.3, -0.25) is 9.69 Å². The molecule has 2 heterocycles. The fourth-order valence-electron chi connectivity index (χ4n) is 6.05. The molecule has 2 saturated heterocycles. The van der Waals surface area contributed by atoms with Crippen LogP contribution in [0.1, 0.15) is 24.0 Å². The minimum atomic E-state index is -0.418. The van der Waals surface area contributed by atoms with Gasteiger partial charge < -0.3 is 10.2 Å². The Balaban J connectivity index is 1.26. The van der Waals surface area contributed by atoms with Crippen molar-refractivity contribution in [1.82, 2.24) is 10.2 Å². The van der Waals surface area contributed by atoms with Crippen molar-refractivity contribution in [3.63, 3.8) is 0 Å². The van der Waals surface area contributed by atoms with Gasteiger partial charge in [-0.05, 0) is 60.1 Å². The van der Waals surface area contributed by atoms with Crippen molar-refractivity contribution in [2.24, 2.45) is 0 Å². The average Bonchev–Trinajstić information content (AvgIpc) is 3.05. The van der Waals surface area contributed by atoms with Gasteiger partial charge in [-0.25, -0.2) is 0 Å². The van der Waals surface area contributed by atoms with Crippen molar-refractivity contribution in [1.29, 1.82) is 0 Å². The number of carbonyl (C=O) groups excluding carboxylic acids is 1. The number of likely N-dealkylation sites (tertiary alicyclic amines) is 1. The van der Waals surface area contributed by atoms with Crippen LogP contribution in [0.15, 0.2) is 78.9 Å². The van der Waals surface area contributed by atoms with Crippen molar-refractivity contribution in [2.45, 2.75) is 37.3 Å². The van der Waals surface area contributed by atoms with Gasteiger partial charge in [-0.1, -0.05) is 66.7 Å². The van der Waals surface area contributed by atoms with E-state index in [1.165, 1.54) is 22.3 Å². The molecule has 1 N–H and O–H groups in total. The summed E-state index contributed by atoms with van der Waals surface area (Å²) in [4.78, 5) is 18.0. The highest BCUT2D eigenvalue weighted by molar-refractivity contribution is 5.93. The van der Waals surface area contributed by atoms with Crippen LogP contribution in [0.2, 0.25) is 0 Å². The first kappa shape index (κ1) is 19.6. The van der Waals surface area contributed by atoms with Crippen LogP contribution in [0.5, 0.6) is 0 Å². The van der Waals surface area contributed by atoms with Crippen LogP contribution >= 0.6 is 0 Å². The van der Waals surface area contributed by atoms with Gasteiger partial charge in [0.1, 0.15) is 5.54 Å². The summed E-state index contributed by atoms with van der Waals surface area (Å²) in [5, 5.41) is 3.13. The Morgan fingerprint density at radius 2 is 1.31 bits per heavy atom. The molecule has 2 aliphatic heterocycles. The van der Waals surface area contributed by atoms with E-state index in [0.717, 1.165) is 44.5 Å². The van der Waals surface area contributed by atoms with Crippen LogP contribution in [-0.2, 0) is 17.6 Å². The molecule has 32 heavy (non-hydrogen) atoms. The third-order valence-corrected chi connectivity index (χ3v) is 7.78. The Kier molecular flexibility index (Phi) is 4.76. The molecule has 0 aromatic heterocycles. The molecule has 0 atom stereocenters. The predicted octanol–water partition coefficient (Wildman–Crippen LogP) is 4.25. The molecule has 2 fully saturated rings. The van der Waals surface area contributed by atoms with Gasteiger partial charge in [0.15, 0.2) is 0 Å². The molecule has 0 bridgehead atoms. The van der Waals surface area contributed by atoms with Crippen LogP contribution in [0.3, 0.4) is 0 Å². The second kappa shape index (κ2) is 7.79.